The molecule has 6 nitrogen and oxygen atoms in total. The van der Waals surface area contributed by atoms with Crippen molar-refractivity contribution in [2.45, 2.75) is 32.1 Å². The molecule has 2 rings (SSSR count). The molecule has 8 heteroatoms. The summed E-state index contributed by atoms with van der Waals surface area (Å²) < 4.78 is 23.5. The number of sulfone groups is 1. The summed E-state index contributed by atoms with van der Waals surface area (Å²) in [6.45, 7) is 7.50. The van der Waals surface area contributed by atoms with Crippen LogP contribution in [0.3, 0.4) is 0 Å². The lowest BCUT2D eigenvalue weighted by Crippen LogP contribution is -2.57. The van der Waals surface area contributed by atoms with Gasteiger partial charge in [-0.15, -0.1) is 24.0 Å². The van der Waals surface area contributed by atoms with E-state index in [1.165, 1.54) is 0 Å². The molecular weight excluding hydrogens is 441 g/mol. The van der Waals surface area contributed by atoms with Gasteiger partial charge in [-0.2, -0.15) is 0 Å². The molecule has 0 spiro atoms. The van der Waals surface area contributed by atoms with E-state index in [4.69, 9.17) is 0 Å². The monoisotopic (exact) mass is 467 g/mol. The van der Waals surface area contributed by atoms with Gasteiger partial charge in [0.15, 0.2) is 15.8 Å². The number of halogens is 1. The molecule has 1 fully saturated rings. The summed E-state index contributed by atoms with van der Waals surface area (Å²) in [5, 5.41) is 12.7. The maximum Gasteiger partial charge on any atom is 0.194 e. The van der Waals surface area contributed by atoms with Gasteiger partial charge in [-0.05, 0) is 38.5 Å². The summed E-state index contributed by atoms with van der Waals surface area (Å²) in [4.78, 5) is 6.58. The van der Waals surface area contributed by atoms with Crippen molar-refractivity contribution in [3.05, 3.63) is 29.8 Å². The first-order chi connectivity index (χ1) is 10.7. The van der Waals surface area contributed by atoms with Gasteiger partial charge in [0.2, 0.25) is 0 Å². The van der Waals surface area contributed by atoms with E-state index >= 15 is 0 Å². The maximum atomic E-state index is 12.1. The molecule has 0 aromatic heterocycles. The van der Waals surface area contributed by atoms with Gasteiger partial charge >= 0.3 is 0 Å². The first-order valence-corrected chi connectivity index (χ1v) is 9.44. The Hall–Kier alpha value is -1.03. The Morgan fingerprint density at radius 2 is 2.12 bits per heavy atom. The number of hydrogen-bond acceptors (Lipinski definition) is 4. The Morgan fingerprint density at radius 1 is 1.42 bits per heavy atom. The van der Waals surface area contributed by atoms with Crippen molar-refractivity contribution in [3.63, 3.8) is 0 Å². The molecule has 0 unspecified atom stereocenters. The number of aliphatic imine (C=N–C) groups is 1. The fourth-order valence-corrected chi connectivity index (χ4v) is 3.94. The Kier molecular flexibility index (Phi) is 7.33. The van der Waals surface area contributed by atoms with Crippen LogP contribution in [0.2, 0.25) is 0 Å². The van der Waals surface area contributed by atoms with Crippen molar-refractivity contribution in [3.8, 4) is 5.75 Å². The number of hydrogen-bond donors (Lipinski definition) is 2. The maximum absolute atomic E-state index is 12.1. The minimum Gasteiger partial charge on any atom is -0.508 e. The van der Waals surface area contributed by atoms with E-state index < -0.39 is 14.6 Å². The lowest BCUT2D eigenvalue weighted by molar-refractivity contribution is 0.353. The summed E-state index contributed by atoms with van der Waals surface area (Å²) in [7, 11) is -3.07. The Morgan fingerprint density at radius 3 is 2.71 bits per heavy atom. The smallest absolute Gasteiger partial charge is 0.194 e. The van der Waals surface area contributed by atoms with Crippen molar-refractivity contribution in [1.82, 2.24) is 10.2 Å². The van der Waals surface area contributed by atoms with Gasteiger partial charge in [-0.3, -0.25) is 0 Å². The van der Waals surface area contributed by atoms with Crippen molar-refractivity contribution in [1.29, 1.82) is 0 Å². The van der Waals surface area contributed by atoms with Gasteiger partial charge in [0.05, 0.1) is 17.0 Å². The normalized spacial score (nSPS) is 19.5. The number of aromatic hydroxyl groups is 1. The van der Waals surface area contributed by atoms with Crippen LogP contribution >= 0.6 is 24.0 Å². The minimum atomic E-state index is -3.07. The number of nitrogens with zero attached hydrogens (tertiary/aromatic N) is 2. The molecular formula is C16H26IN3O3S. The molecule has 1 aliphatic rings. The summed E-state index contributed by atoms with van der Waals surface area (Å²) in [5.74, 6) is 1.06. The summed E-state index contributed by atoms with van der Waals surface area (Å²) in [5.41, 5.74) is 0.907. The van der Waals surface area contributed by atoms with Crippen molar-refractivity contribution < 1.29 is 13.5 Å². The second-order valence-corrected chi connectivity index (χ2v) is 9.08. The van der Waals surface area contributed by atoms with Crippen molar-refractivity contribution >= 4 is 39.8 Å². The number of nitrogens with one attached hydrogen (secondary N) is 1. The second kappa shape index (κ2) is 8.37. The predicted molar refractivity (Wildman–Crippen MR) is 108 cm³/mol. The van der Waals surface area contributed by atoms with Crippen molar-refractivity contribution in [2.24, 2.45) is 4.99 Å². The Balaban J connectivity index is 0.00000288. The van der Waals surface area contributed by atoms with Crippen LogP contribution in [0.15, 0.2) is 29.3 Å². The van der Waals surface area contributed by atoms with Crippen LogP contribution < -0.4 is 5.32 Å². The highest BCUT2D eigenvalue weighted by atomic mass is 127. The molecule has 0 aliphatic carbocycles. The zero-order chi connectivity index (χ0) is 17.1. The van der Waals surface area contributed by atoms with Gasteiger partial charge in [-0.1, -0.05) is 12.1 Å². The van der Waals surface area contributed by atoms with Crippen molar-refractivity contribution in [2.75, 3.05) is 25.4 Å². The molecule has 0 saturated carbocycles. The second-order valence-electron chi connectivity index (χ2n) is 6.34. The average Bonchev–Trinajstić information content (AvgIpc) is 2.46. The van der Waals surface area contributed by atoms with Crippen LogP contribution in [0, 0.1) is 0 Å². The lowest BCUT2D eigenvalue weighted by atomic mass is 10.2. The average molecular weight is 467 g/mol. The molecule has 136 valence electrons. The summed E-state index contributed by atoms with van der Waals surface area (Å²) in [6, 6.07) is 6.98. The first kappa shape index (κ1) is 21.0. The Bertz CT molecular complexity index is 690. The van der Waals surface area contributed by atoms with Gasteiger partial charge in [0, 0.05) is 19.6 Å². The van der Waals surface area contributed by atoms with E-state index in [9.17, 15) is 13.5 Å². The molecule has 1 aromatic carbocycles. The van der Waals surface area contributed by atoms with Crippen LogP contribution in [0.4, 0.5) is 0 Å². The quantitative estimate of drug-likeness (QED) is 0.404. The molecule has 24 heavy (non-hydrogen) atoms. The number of phenols is 1. The fraction of sp³-hybridized carbons (Fsp3) is 0.562. The summed E-state index contributed by atoms with van der Waals surface area (Å²) in [6.07, 6.45) is 0. The highest BCUT2D eigenvalue weighted by molar-refractivity contribution is 14.0. The molecule has 1 aromatic rings. The highest BCUT2D eigenvalue weighted by Gasteiger charge is 2.40. The number of benzene rings is 1. The predicted octanol–water partition coefficient (Wildman–Crippen LogP) is 1.98. The van der Waals surface area contributed by atoms with E-state index in [0.717, 1.165) is 5.56 Å². The SMILES string of the molecule is CCNC(=NCc1cccc(O)c1)N1CCS(=O)(=O)C(C)(C)C1.I. The zero-order valence-electron chi connectivity index (χ0n) is 14.3. The minimum absolute atomic E-state index is 0. The van der Waals surface area contributed by atoms with E-state index in [1.54, 1.807) is 32.0 Å². The van der Waals surface area contributed by atoms with E-state index in [2.05, 4.69) is 10.3 Å². The molecule has 0 radical (unpaired) electrons. The molecule has 0 bridgehead atoms. The van der Waals surface area contributed by atoms with Crippen LogP contribution in [-0.2, 0) is 16.4 Å². The van der Waals surface area contributed by atoms with Gasteiger partial charge in [-0.25, -0.2) is 13.4 Å². The molecule has 1 aliphatic heterocycles. The molecule has 1 heterocycles. The van der Waals surface area contributed by atoms with E-state index in [1.807, 2.05) is 17.9 Å². The lowest BCUT2D eigenvalue weighted by Gasteiger charge is -2.39. The molecule has 1 saturated heterocycles. The van der Waals surface area contributed by atoms with Gasteiger partial charge < -0.3 is 15.3 Å². The van der Waals surface area contributed by atoms with Crippen LogP contribution in [0.25, 0.3) is 0 Å². The van der Waals surface area contributed by atoms with Gasteiger partial charge in [0.1, 0.15) is 5.75 Å². The van der Waals surface area contributed by atoms with Gasteiger partial charge in [0.25, 0.3) is 0 Å². The summed E-state index contributed by atoms with van der Waals surface area (Å²) >= 11 is 0. The molecule has 0 atom stereocenters. The third-order valence-corrected chi connectivity index (χ3v) is 6.53. The molecule has 2 N–H and O–H groups in total. The van der Waals surface area contributed by atoms with Crippen LogP contribution in [0.1, 0.15) is 26.3 Å². The topological polar surface area (TPSA) is 82.0 Å². The number of guanidine groups is 1. The van der Waals surface area contributed by atoms with Crippen LogP contribution in [-0.4, -0.2) is 54.5 Å². The Labute approximate surface area is 161 Å². The van der Waals surface area contributed by atoms with Crippen LogP contribution in [0.5, 0.6) is 5.75 Å². The van der Waals surface area contributed by atoms with E-state index in [0.29, 0.717) is 32.1 Å². The largest absolute Gasteiger partial charge is 0.508 e. The number of phenolic OH excluding ortho intramolecular Hbond substituents is 1. The van der Waals surface area contributed by atoms with E-state index in [-0.39, 0.29) is 35.5 Å². The standard InChI is InChI=1S/C16H25N3O3S.HI/c1-4-17-15(18-11-13-6-5-7-14(20)10-13)19-8-9-23(21,22)16(2,3)12-19;/h5-7,10,20H,4,8-9,11-12H2,1-3H3,(H,17,18);1H. The molecule has 0 amide bonds. The third kappa shape index (κ3) is 4.98. The number of rotatable bonds is 3. The fourth-order valence-electron chi connectivity index (χ4n) is 2.57. The first-order valence-electron chi connectivity index (χ1n) is 7.78. The highest BCUT2D eigenvalue weighted by Crippen LogP contribution is 2.23. The zero-order valence-corrected chi connectivity index (χ0v) is 17.5. The third-order valence-electron chi connectivity index (χ3n) is 4.00.